The van der Waals surface area contributed by atoms with Crippen molar-refractivity contribution in [1.82, 2.24) is 0 Å². The molecular weight excluding hydrogens is 260 g/mol. The minimum Gasteiger partial charge on any atom is -0.456 e. The van der Waals surface area contributed by atoms with Gasteiger partial charge in [0, 0.05) is 12.8 Å². The molecule has 0 bridgehead atoms. The largest absolute Gasteiger partial charge is 0.456 e. The van der Waals surface area contributed by atoms with Gasteiger partial charge in [0.2, 0.25) is 0 Å². The van der Waals surface area contributed by atoms with Crippen molar-refractivity contribution >= 4 is 23.2 Å². The van der Waals surface area contributed by atoms with E-state index >= 15 is 0 Å². The second-order valence-corrected chi connectivity index (χ2v) is 4.83. The maximum Gasteiger partial charge on any atom is 0.442 e. The number of rotatable bonds is 5. The van der Waals surface area contributed by atoms with Crippen molar-refractivity contribution < 1.29 is 23.9 Å². The summed E-state index contributed by atoms with van der Waals surface area (Å²) in [6.07, 6.45) is 7.24. The van der Waals surface area contributed by atoms with Gasteiger partial charge in [0.1, 0.15) is 12.4 Å². The van der Waals surface area contributed by atoms with E-state index in [0.717, 1.165) is 6.42 Å². The molecule has 1 aliphatic carbocycles. The van der Waals surface area contributed by atoms with E-state index in [4.69, 9.17) is 16.7 Å². The smallest absolute Gasteiger partial charge is 0.442 e. The van der Waals surface area contributed by atoms with E-state index in [0.29, 0.717) is 12.8 Å². The maximum atomic E-state index is 12.3. The predicted octanol–water partition coefficient (Wildman–Crippen LogP) is 0.942. The van der Waals surface area contributed by atoms with Crippen LogP contribution in [0.5, 0.6) is 0 Å². The number of hydrogen-bond acceptors (Lipinski definition) is 4. The van der Waals surface area contributed by atoms with Crippen LogP contribution < -0.4 is 0 Å². The molecule has 1 saturated carbocycles. The first-order valence-electron chi connectivity index (χ1n) is 6.38. The molecule has 0 aromatic carbocycles. The summed E-state index contributed by atoms with van der Waals surface area (Å²) >= 11 is 0. The molecule has 106 valence electrons. The van der Waals surface area contributed by atoms with Gasteiger partial charge in [-0.15, -0.1) is 12.3 Å². The third-order valence-corrected chi connectivity index (χ3v) is 3.44. The highest BCUT2D eigenvalue weighted by Gasteiger charge is 2.50. The molecule has 0 heterocycles. The lowest BCUT2D eigenvalue weighted by atomic mass is 9.70. The maximum absolute atomic E-state index is 12.3. The van der Waals surface area contributed by atoms with Gasteiger partial charge in [0.25, 0.3) is 5.78 Å². The molecule has 0 spiro atoms. The summed E-state index contributed by atoms with van der Waals surface area (Å²) in [5, 5.41) is 0. The number of terminal acetylenes is 1. The number of Topliss-reactive ketones (excluding diaryl/α,β-unsaturated/α-hetero) is 2. The van der Waals surface area contributed by atoms with E-state index in [1.807, 2.05) is 0 Å². The van der Waals surface area contributed by atoms with Gasteiger partial charge < -0.3 is 10.3 Å². The minimum absolute atomic E-state index is 0.0771. The summed E-state index contributed by atoms with van der Waals surface area (Å²) in [5.74, 6) is 0.166. The van der Waals surface area contributed by atoms with E-state index in [2.05, 4.69) is 10.7 Å². The van der Waals surface area contributed by atoms with Gasteiger partial charge in [-0.1, -0.05) is 6.42 Å². The Balaban J connectivity index is 2.87. The van der Waals surface area contributed by atoms with Gasteiger partial charge in [-0.3, -0.25) is 9.59 Å². The topological polar surface area (TPSA) is 96.8 Å². The van der Waals surface area contributed by atoms with Gasteiger partial charge in [0.15, 0.2) is 0 Å². The van der Waals surface area contributed by atoms with E-state index < -0.39 is 22.9 Å². The molecule has 20 heavy (non-hydrogen) atoms. The fourth-order valence-electron chi connectivity index (χ4n) is 2.13. The molecule has 0 radical (unpaired) electrons. The Kier molecular flexibility index (Phi) is 5.36. The number of carbonyl (C=O) groups is 3. The first kappa shape index (κ1) is 15.8. The summed E-state index contributed by atoms with van der Waals surface area (Å²) in [6.45, 7) is 1.39. The van der Waals surface area contributed by atoms with Crippen molar-refractivity contribution in [2.45, 2.75) is 39.0 Å². The van der Waals surface area contributed by atoms with Crippen LogP contribution in [-0.2, 0) is 19.1 Å². The van der Waals surface area contributed by atoms with Gasteiger partial charge in [0.05, 0.1) is 5.41 Å². The molecule has 1 atom stereocenters. The SMILES string of the molecule is C#CCCOC(=O)C(=[N+]=[N-])C(=O)C1(C)CCCCC1=O. The van der Waals surface area contributed by atoms with Crippen molar-refractivity contribution in [3.05, 3.63) is 5.53 Å². The zero-order valence-electron chi connectivity index (χ0n) is 11.3. The molecule has 0 amide bonds. The zero-order valence-corrected chi connectivity index (χ0v) is 11.3. The van der Waals surface area contributed by atoms with Crippen LogP contribution in [0.15, 0.2) is 0 Å². The van der Waals surface area contributed by atoms with Gasteiger partial charge >= 0.3 is 11.7 Å². The predicted molar refractivity (Wildman–Crippen MR) is 69.6 cm³/mol. The third kappa shape index (κ3) is 3.19. The number of ether oxygens (including phenoxy) is 1. The van der Waals surface area contributed by atoms with Crippen molar-refractivity contribution in [1.29, 1.82) is 0 Å². The Morgan fingerprint density at radius 1 is 1.50 bits per heavy atom. The summed E-state index contributed by atoms with van der Waals surface area (Å²) in [4.78, 5) is 38.6. The summed E-state index contributed by atoms with van der Waals surface area (Å²) < 4.78 is 4.72. The molecule has 6 heteroatoms. The lowest BCUT2D eigenvalue weighted by Gasteiger charge is -2.28. The first-order chi connectivity index (χ1) is 9.47. The van der Waals surface area contributed by atoms with Crippen molar-refractivity contribution in [2.75, 3.05) is 6.61 Å². The lowest BCUT2D eigenvalue weighted by molar-refractivity contribution is -0.146. The lowest BCUT2D eigenvalue weighted by Crippen LogP contribution is -2.45. The van der Waals surface area contributed by atoms with Crippen LogP contribution in [0.25, 0.3) is 5.53 Å². The fraction of sp³-hybridized carbons (Fsp3) is 0.571. The first-order valence-corrected chi connectivity index (χ1v) is 6.38. The Labute approximate surface area is 117 Å². The van der Waals surface area contributed by atoms with Gasteiger partial charge in [-0.25, -0.2) is 4.79 Å². The molecule has 1 unspecified atom stereocenters. The summed E-state index contributed by atoms with van der Waals surface area (Å²) in [5.41, 5.74) is 6.80. The van der Waals surface area contributed by atoms with Crippen LogP contribution in [0.4, 0.5) is 0 Å². The highest BCUT2D eigenvalue weighted by atomic mass is 16.5. The van der Waals surface area contributed by atoms with E-state index in [1.165, 1.54) is 6.92 Å². The summed E-state index contributed by atoms with van der Waals surface area (Å²) in [7, 11) is 0. The molecule has 0 aromatic heterocycles. The number of nitrogens with zero attached hydrogens (tertiary/aromatic N) is 2. The Bertz CT molecular complexity index is 526. The second kappa shape index (κ2) is 6.78. The molecule has 1 fully saturated rings. The molecule has 0 aliphatic heterocycles. The van der Waals surface area contributed by atoms with E-state index in [-0.39, 0.29) is 25.2 Å². The molecule has 6 nitrogen and oxygen atoms in total. The highest BCUT2D eigenvalue weighted by Crippen LogP contribution is 2.34. The van der Waals surface area contributed by atoms with E-state index in [1.54, 1.807) is 0 Å². The van der Waals surface area contributed by atoms with Crippen molar-refractivity contribution in [3.8, 4) is 12.3 Å². The average molecular weight is 276 g/mol. The number of hydrogen-bond donors (Lipinski definition) is 0. The fourth-order valence-corrected chi connectivity index (χ4v) is 2.13. The normalized spacial score (nSPS) is 21.5. The van der Waals surface area contributed by atoms with Crippen molar-refractivity contribution in [3.63, 3.8) is 0 Å². The van der Waals surface area contributed by atoms with Crippen molar-refractivity contribution in [2.24, 2.45) is 5.41 Å². The van der Waals surface area contributed by atoms with Gasteiger partial charge in [-0.05, 0) is 19.8 Å². The monoisotopic (exact) mass is 276 g/mol. The molecule has 0 aromatic rings. The summed E-state index contributed by atoms with van der Waals surface area (Å²) in [6, 6.07) is 0. The molecule has 1 rings (SSSR count). The average Bonchev–Trinajstić information content (AvgIpc) is 2.43. The van der Waals surface area contributed by atoms with Crippen LogP contribution in [0.3, 0.4) is 0 Å². The zero-order chi connectivity index (χ0) is 15.2. The molecule has 0 saturated heterocycles. The highest BCUT2D eigenvalue weighted by molar-refractivity contribution is 6.64. The van der Waals surface area contributed by atoms with Crippen LogP contribution in [0.2, 0.25) is 0 Å². The van der Waals surface area contributed by atoms with Crippen LogP contribution in [0, 0.1) is 17.8 Å². The third-order valence-electron chi connectivity index (χ3n) is 3.44. The molecular formula is C14H16N2O4. The standard InChI is InChI=1S/C14H16N2O4/c1-3-4-9-20-13(19)11(16-15)12(18)14(2)8-6-5-7-10(14)17/h1H,4-9H2,2H3. The number of esters is 1. The van der Waals surface area contributed by atoms with Crippen LogP contribution in [-0.4, -0.2) is 34.6 Å². The Morgan fingerprint density at radius 2 is 2.20 bits per heavy atom. The van der Waals surface area contributed by atoms with Crippen LogP contribution >= 0.6 is 0 Å². The van der Waals surface area contributed by atoms with Crippen LogP contribution in [0.1, 0.15) is 39.0 Å². The van der Waals surface area contributed by atoms with E-state index in [9.17, 15) is 14.4 Å². The number of carbonyl (C=O) groups excluding carboxylic acids is 3. The second-order valence-electron chi connectivity index (χ2n) is 4.83. The Morgan fingerprint density at radius 3 is 2.75 bits per heavy atom. The Hall–Kier alpha value is -2.25. The number of ketones is 2. The van der Waals surface area contributed by atoms with Gasteiger partial charge in [-0.2, -0.15) is 4.79 Å². The quantitative estimate of drug-likeness (QED) is 0.142. The molecule has 0 N–H and O–H groups in total. The minimum atomic E-state index is -1.31. The molecule has 1 aliphatic rings.